The first-order valence-corrected chi connectivity index (χ1v) is 18.3. The second kappa shape index (κ2) is 14.7. The van der Waals surface area contributed by atoms with Gasteiger partial charge in [0.25, 0.3) is 11.8 Å². The van der Waals surface area contributed by atoms with Gasteiger partial charge in [-0.15, -0.1) is 0 Å². The van der Waals surface area contributed by atoms with Crippen molar-refractivity contribution >= 4 is 17.9 Å². The van der Waals surface area contributed by atoms with E-state index in [0.717, 1.165) is 89.6 Å². The van der Waals surface area contributed by atoms with E-state index in [1.54, 1.807) is 23.2 Å². The minimum atomic E-state index is -1.17. The summed E-state index contributed by atoms with van der Waals surface area (Å²) in [5.41, 5.74) is 5.95. The second-order valence-electron chi connectivity index (χ2n) is 14.0. The van der Waals surface area contributed by atoms with E-state index in [1.165, 1.54) is 7.05 Å². The molecule has 3 aliphatic rings. The fourth-order valence-corrected chi connectivity index (χ4v) is 7.87. The summed E-state index contributed by atoms with van der Waals surface area (Å²) in [6.07, 6.45) is 8.97. The van der Waals surface area contributed by atoms with Crippen LogP contribution < -0.4 is 0 Å². The standard InChI is InChI=1S/C40H42N8O5/c1-46(40(51)52)35(27-8-3-2-4-9-27)39(50)48-20-6-11-33(48)37-42-23-30(44-37)26-15-13-25(14-16-26)29-18-17-28(22-41-29)31-24-43-36(45-31)32-10-5-19-47(32)38(49)34-12-7-21-53-34/h2-4,8-9,13-18,22-24,32-35H,5-7,10-12,19-21H2,1H3,(H,42,44)(H,43,45)(H,51,52)/t32?,33-,34-,35?/m0/s1. The summed E-state index contributed by atoms with van der Waals surface area (Å²) >= 11 is 0. The smallest absolute Gasteiger partial charge is 0.407 e. The Labute approximate surface area is 307 Å². The minimum Gasteiger partial charge on any atom is -0.465 e. The molecule has 0 bridgehead atoms. The highest BCUT2D eigenvalue weighted by molar-refractivity contribution is 5.87. The average Bonchev–Trinajstić information content (AvgIpc) is 4.05. The Morgan fingerprint density at radius 3 is 2.00 bits per heavy atom. The number of benzene rings is 2. The number of likely N-dealkylation sites (N-methyl/N-ethyl adjacent to an activating group) is 1. The molecule has 8 rings (SSSR count). The van der Waals surface area contributed by atoms with Crippen molar-refractivity contribution in [2.75, 3.05) is 26.7 Å². The molecular formula is C40H42N8O5. The molecule has 6 heterocycles. The summed E-state index contributed by atoms with van der Waals surface area (Å²) in [7, 11) is 1.43. The Kier molecular flexibility index (Phi) is 9.48. The zero-order valence-corrected chi connectivity index (χ0v) is 29.5. The van der Waals surface area contributed by atoms with E-state index in [4.69, 9.17) is 9.72 Å². The Morgan fingerprint density at radius 1 is 0.755 bits per heavy atom. The number of amides is 3. The van der Waals surface area contributed by atoms with Gasteiger partial charge in [-0.2, -0.15) is 0 Å². The molecule has 53 heavy (non-hydrogen) atoms. The summed E-state index contributed by atoms with van der Waals surface area (Å²) in [4.78, 5) is 64.6. The van der Waals surface area contributed by atoms with Crippen molar-refractivity contribution < 1.29 is 24.2 Å². The lowest BCUT2D eigenvalue weighted by atomic mass is 10.0. The molecule has 13 heteroatoms. The number of imidazole rings is 2. The van der Waals surface area contributed by atoms with Gasteiger partial charge in [0, 0.05) is 44.1 Å². The lowest BCUT2D eigenvalue weighted by Crippen LogP contribution is -2.43. The number of ether oxygens (including phenoxy) is 1. The Morgan fingerprint density at radius 2 is 1.38 bits per heavy atom. The van der Waals surface area contributed by atoms with Gasteiger partial charge in [0.15, 0.2) is 0 Å². The first-order valence-electron chi connectivity index (χ1n) is 18.3. The number of carbonyl (C=O) groups excluding carboxylic acids is 2. The third-order valence-corrected chi connectivity index (χ3v) is 10.7. The first-order chi connectivity index (χ1) is 25.9. The van der Waals surface area contributed by atoms with Crippen LogP contribution in [0.15, 0.2) is 85.3 Å². The van der Waals surface area contributed by atoms with E-state index in [-0.39, 0.29) is 30.0 Å². The van der Waals surface area contributed by atoms with Crippen molar-refractivity contribution in [1.29, 1.82) is 0 Å². The second-order valence-corrected chi connectivity index (χ2v) is 14.0. The molecule has 3 saturated heterocycles. The zero-order chi connectivity index (χ0) is 36.5. The topological polar surface area (TPSA) is 161 Å². The van der Waals surface area contributed by atoms with E-state index in [9.17, 15) is 19.5 Å². The molecule has 272 valence electrons. The van der Waals surface area contributed by atoms with Crippen LogP contribution in [-0.4, -0.2) is 95.5 Å². The molecule has 0 spiro atoms. The van der Waals surface area contributed by atoms with Crippen LogP contribution in [0.4, 0.5) is 4.79 Å². The molecule has 5 aromatic rings. The first kappa shape index (κ1) is 34.3. The fraction of sp³-hybridized carbons (Fsp3) is 0.350. The van der Waals surface area contributed by atoms with E-state index in [1.807, 2.05) is 71.9 Å². The van der Waals surface area contributed by atoms with Crippen LogP contribution in [0.1, 0.15) is 73.9 Å². The van der Waals surface area contributed by atoms with Gasteiger partial charge in [-0.3, -0.25) is 19.5 Å². The average molecular weight is 715 g/mol. The lowest BCUT2D eigenvalue weighted by Gasteiger charge is -2.32. The molecule has 3 aliphatic heterocycles. The highest BCUT2D eigenvalue weighted by Gasteiger charge is 2.39. The molecule has 0 radical (unpaired) electrons. The number of aromatic amines is 2. The monoisotopic (exact) mass is 714 g/mol. The summed E-state index contributed by atoms with van der Waals surface area (Å²) in [6.45, 7) is 1.89. The summed E-state index contributed by atoms with van der Waals surface area (Å²) in [5, 5.41) is 9.77. The number of aromatic nitrogens is 5. The number of H-pyrrole nitrogens is 2. The highest BCUT2D eigenvalue weighted by atomic mass is 16.5. The van der Waals surface area contributed by atoms with Gasteiger partial charge in [-0.25, -0.2) is 14.8 Å². The van der Waals surface area contributed by atoms with E-state index < -0.39 is 12.1 Å². The SMILES string of the molecule is CN(C(=O)O)C(C(=O)N1CCC[C@H]1c1ncc(-c2ccc(-c3ccc(-c4cnc(C5CCCN5C(=O)[C@@H]5CCCO5)[nH]4)cn3)cc2)[nH]1)c1ccccc1. The van der Waals surface area contributed by atoms with E-state index in [2.05, 4.69) is 19.9 Å². The number of pyridine rings is 1. The predicted molar refractivity (Wildman–Crippen MR) is 196 cm³/mol. The Hall–Kier alpha value is -5.82. The molecule has 2 aromatic carbocycles. The van der Waals surface area contributed by atoms with Crippen molar-refractivity contribution in [2.24, 2.45) is 0 Å². The normalized spacial score (nSPS) is 20.5. The molecule has 0 aliphatic carbocycles. The third kappa shape index (κ3) is 6.79. The molecule has 3 N–H and O–H groups in total. The van der Waals surface area contributed by atoms with Crippen LogP contribution in [0.2, 0.25) is 0 Å². The molecule has 13 nitrogen and oxygen atoms in total. The van der Waals surface area contributed by atoms with Crippen molar-refractivity contribution in [1.82, 2.24) is 39.6 Å². The minimum absolute atomic E-state index is 0.0697. The maximum Gasteiger partial charge on any atom is 0.407 e. The van der Waals surface area contributed by atoms with Gasteiger partial charge in [-0.1, -0.05) is 54.6 Å². The number of likely N-dealkylation sites (tertiary alicyclic amines) is 2. The number of nitrogens with zero attached hydrogens (tertiary/aromatic N) is 6. The van der Waals surface area contributed by atoms with Gasteiger partial charge in [-0.05, 0) is 61.8 Å². The van der Waals surface area contributed by atoms with Crippen LogP contribution in [0.25, 0.3) is 33.8 Å². The van der Waals surface area contributed by atoms with Gasteiger partial charge in [0.1, 0.15) is 23.8 Å². The van der Waals surface area contributed by atoms with Gasteiger partial charge < -0.3 is 29.6 Å². The molecule has 3 aromatic heterocycles. The van der Waals surface area contributed by atoms with E-state index >= 15 is 0 Å². The number of hydrogen-bond acceptors (Lipinski definition) is 7. The van der Waals surface area contributed by atoms with Gasteiger partial charge >= 0.3 is 6.09 Å². The molecule has 4 atom stereocenters. The van der Waals surface area contributed by atoms with Crippen molar-refractivity contribution in [3.05, 3.63) is 103 Å². The lowest BCUT2D eigenvalue weighted by molar-refractivity contribution is -0.142. The van der Waals surface area contributed by atoms with Crippen LogP contribution in [0.5, 0.6) is 0 Å². The largest absolute Gasteiger partial charge is 0.465 e. The number of hydrogen-bond donors (Lipinski definition) is 3. The van der Waals surface area contributed by atoms with Crippen LogP contribution in [0, 0.1) is 0 Å². The van der Waals surface area contributed by atoms with E-state index in [0.29, 0.717) is 24.5 Å². The zero-order valence-electron chi connectivity index (χ0n) is 29.5. The third-order valence-electron chi connectivity index (χ3n) is 10.7. The summed E-state index contributed by atoms with van der Waals surface area (Å²) in [6, 6.07) is 19.8. The molecule has 3 fully saturated rings. The Balaban J connectivity index is 0.936. The number of nitrogens with one attached hydrogen (secondary N) is 2. The number of carbonyl (C=O) groups is 3. The van der Waals surface area contributed by atoms with Crippen molar-refractivity contribution in [3.8, 4) is 33.8 Å². The van der Waals surface area contributed by atoms with Crippen molar-refractivity contribution in [2.45, 2.75) is 62.8 Å². The number of carboxylic acid groups (broad SMARTS) is 1. The molecular weight excluding hydrogens is 672 g/mol. The van der Waals surface area contributed by atoms with Crippen molar-refractivity contribution in [3.63, 3.8) is 0 Å². The molecule has 3 amide bonds. The quantitative estimate of drug-likeness (QED) is 0.158. The van der Waals surface area contributed by atoms with Gasteiger partial charge in [0.05, 0.1) is 41.6 Å². The Bertz CT molecular complexity index is 2070. The fourth-order valence-electron chi connectivity index (χ4n) is 7.87. The number of rotatable bonds is 9. The molecule has 0 saturated carbocycles. The summed E-state index contributed by atoms with van der Waals surface area (Å²) < 4.78 is 5.66. The maximum absolute atomic E-state index is 13.9. The maximum atomic E-state index is 13.9. The molecule has 2 unspecified atom stereocenters. The van der Waals surface area contributed by atoms with Crippen LogP contribution in [-0.2, 0) is 14.3 Å². The van der Waals surface area contributed by atoms with Gasteiger partial charge in [0.2, 0.25) is 0 Å². The predicted octanol–water partition coefficient (Wildman–Crippen LogP) is 6.39. The van der Waals surface area contributed by atoms with Crippen LogP contribution >= 0.6 is 0 Å². The van der Waals surface area contributed by atoms with Crippen LogP contribution in [0.3, 0.4) is 0 Å². The summed E-state index contributed by atoms with van der Waals surface area (Å²) in [5.74, 6) is 1.27. The highest BCUT2D eigenvalue weighted by Crippen LogP contribution is 2.36.